The Morgan fingerprint density at radius 1 is 1.38 bits per heavy atom. The Hall–Kier alpha value is 0.0200. The summed E-state index contributed by atoms with van der Waals surface area (Å²) in [6.45, 7) is 0. The molecule has 1 saturated carbocycles. The minimum atomic E-state index is -2.51. The first-order chi connectivity index (χ1) is 5.99. The van der Waals surface area contributed by atoms with Gasteiger partial charge in [0.25, 0.3) is 3.91 Å². The zero-order chi connectivity index (χ0) is 9.90. The molecule has 0 bridgehead atoms. The summed E-state index contributed by atoms with van der Waals surface area (Å²) in [5, 5.41) is 0. The molecule has 1 aliphatic carbocycles. The van der Waals surface area contributed by atoms with Crippen molar-refractivity contribution in [3.63, 3.8) is 0 Å². The Bertz CT molecular complexity index is 191. The summed E-state index contributed by atoms with van der Waals surface area (Å²) in [6, 6.07) is -0.0154. The maximum absolute atomic E-state index is 12.7. The minimum Gasteiger partial charge on any atom is -0.283 e. The highest BCUT2D eigenvalue weighted by molar-refractivity contribution is 14.1. The molecule has 1 rings (SSSR count). The molecular formula is C7H11F2IN2O. The number of rotatable bonds is 2. The van der Waals surface area contributed by atoms with Crippen LogP contribution in [0.15, 0.2) is 0 Å². The van der Waals surface area contributed by atoms with Gasteiger partial charge in [-0.25, -0.2) is 14.2 Å². The molecule has 76 valence electrons. The summed E-state index contributed by atoms with van der Waals surface area (Å²) in [5.74, 6) is -2.51. The van der Waals surface area contributed by atoms with Crippen LogP contribution in [0.4, 0.5) is 13.6 Å². The van der Waals surface area contributed by atoms with Crippen LogP contribution in [-0.2, 0) is 0 Å². The number of carbonyl (C=O) groups is 1. The van der Waals surface area contributed by atoms with E-state index in [1.807, 2.05) is 0 Å². The van der Waals surface area contributed by atoms with Gasteiger partial charge in [0.1, 0.15) is 0 Å². The average molecular weight is 304 g/mol. The minimum absolute atomic E-state index is 0.0154. The van der Waals surface area contributed by atoms with Crippen molar-refractivity contribution in [1.82, 2.24) is 10.9 Å². The van der Waals surface area contributed by atoms with E-state index in [1.165, 1.54) is 0 Å². The third kappa shape index (κ3) is 4.17. The van der Waals surface area contributed by atoms with Crippen molar-refractivity contribution in [2.45, 2.75) is 37.6 Å². The summed E-state index contributed by atoms with van der Waals surface area (Å²) >= 11 is 1.58. The van der Waals surface area contributed by atoms with E-state index in [0.717, 1.165) is 0 Å². The van der Waals surface area contributed by atoms with Crippen LogP contribution in [-0.4, -0.2) is 15.9 Å². The van der Waals surface area contributed by atoms with Crippen molar-refractivity contribution < 1.29 is 13.6 Å². The van der Waals surface area contributed by atoms with Crippen molar-refractivity contribution in [3.8, 4) is 0 Å². The molecule has 0 aromatic heterocycles. The lowest BCUT2D eigenvalue weighted by Crippen LogP contribution is -2.45. The molecule has 1 fully saturated rings. The lowest BCUT2D eigenvalue weighted by Gasteiger charge is -2.28. The molecule has 0 aromatic rings. The van der Waals surface area contributed by atoms with Gasteiger partial charge < -0.3 is 0 Å². The van der Waals surface area contributed by atoms with Crippen molar-refractivity contribution in [2.24, 2.45) is 0 Å². The van der Waals surface area contributed by atoms with Crippen LogP contribution in [0.25, 0.3) is 0 Å². The van der Waals surface area contributed by atoms with Gasteiger partial charge in [0, 0.05) is 41.5 Å². The maximum Gasteiger partial charge on any atom is 0.294 e. The first-order valence-corrected chi connectivity index (χ1v) is 5.16. The van der Waals surface area contributed by atoms with Gasteiger partial charge in [0.2, 0.25) is 5.92 Å². The Morgan fingerprint density at radius 2 is 1.92 bits per heavy atom. The van der Waals surface area contributed by atoms with E-state index < -0.39 is 5.92 Å². The second-order valence-corrected chi connectivity index (χ2v) is 4.15. The van der Waals surface area contributed by atoms with Gasteiger partial charge in [-0.2, -0.15) is 0 Å². The van der Waals surface area contributed by atoms with Crippen molar-refractivity contribution in [3.05, 3.63) is 0 Å². The topological polar surface area (TPSA) is 41.1 Å². The Morgan fingerprint density at radius 3 is 2.38 bits per heavy atom. The quantitative estimate of drug-likeness (QED) is 0.355. The van der Waals surface area contributed by atoms with Crippen LogP contribution in [0.5, 0.6) is 0 Å². The Kier molecular flexibility index (Phi) is 3.84. The molecule has 0 saturated heterocycles. The summed E-state index contributed by atoms with van der Waals surface area (Å²) in [5.41, 5.74) is 5.11. The number of nitrogens with one attached hydrogen (secondary N) is 2. The number of amides is 1. The van der Waals surface area contributed by atoms with Crippen LogP contribution >= 0.6 is 22.6 Å². The van der Waals surface area contributed by atoms with E-state index in [2.05, 4.69) is 10.9 Å². The van der Waals surface area contributed by atoms with E-state index >= 15 is 0 Å². The monoisotopic (exact) mass is 304 g/mol. The van der Waals surface area contributed by atoms with Gasteiger partial charge in [0.05, 0.1) is 0 Å². The largest absolute Gasteiger partial charge is 0.294 e. The second kappa shape index (κ2) is 4.50. The molecule has 1 amide bonds. The Labute approximate surface area is 88.7 Å². The van der Waals surface area contributed by atoms with Gasteiger partial charge in [-0.05, 0) is 12.8 Å². The maximum atomic E-state index is 12.7. The fourth-order valence-corrected chi connectivity index (χ4v) is 1.50. The van der Waals surface area contributed by atoms with Crippen molar-refractivity contribution in [1.29, 1.82) is 0 Å². The zero-order valence-electron chi connectivity index (χ0n) is 6.95. The molecule has 0 heterocycles. The molecule has 0 radical (unpaired) electrons. The van der Waals surface area contributed by atoms with E-state index in [0.29, 0.717) is 12.8 Å². The molecule has 0 aliphatic heterocycles. The third-order valence-corrected chi connectivity index (χ3v) is 2.36. The number of hydrogen-bond donors (Lipinski definition) is 2. The fraction of sp³-hybridized carbons (Fsp3) is 0.857. The predicted octanol–water partition coefficient (Wildman–Crippen LogP) is 2.21. The molecule has 0 atom stereocenters. The smallest absolute Gasteiger partial charge is 0.283 e. The highest BCUT2D eigenvalue weighted by atomic mass is 127. The molecule has 13 heavy (non-hydrogen) atoms. The van der Waals surface area contributed by atoms with Crippen LogP contribution in [0.2, 0.25) is 0 Å². The zero-order valence-corrected chi connectivity index (χ0v) is 9.11. The van der Waals surface area contributed by atoms with Crippen LogP contribution in [0.1, 0.15) is 25.7 Å². The van der Waals surface area contributed by atoms with Crippen molar-refractivity contribution >= 4 is 26.5 Å². The molecule has 0 spiro atoms. The normalized spacial score (nSPS) is 22.7. The van der Waals surface area contributed by atoms with E-state index in [9.17, 15) is 13.6 Å². The van der Waals surface area contributed by atoms with Crippen molar-refractivity contribution in [2.75, 3.05) is 0 Å². The molecule has 0 aromatic carbocycles. The molecule has 0 unspecified atom stereocenters. The summed E-state index contributed by atoms with van der Waals surface area (Å²) in [6.07, 6.45) is 0.622. The SMILES string of the molecule is O=C(I)NNC1CCC(F)(F)CC1. The standard InChI is InChI=1S/C7H11F2IN2O/c8-7(9)3-1-5(2-4-7)11-12-6(10)13/h5,11H,1-4H2,(H,12,13). The van der Waals surface area contributed by atoms with Gasteiger partial charge in [0.15, 0.2) is 0 Å². The predicted molar refractivity (Wildman–Crippen MR) is 52.9 cm³/mol. The molecule has 3 nitrogen and oxygen atoms in total. The number of carbonyl (C=O) groups excluding carboxylic acids is 1. The Balaban J connectivity index is 2.21. The lowest BCUT2D eigenvalue weighted by molar-refractivity contribution is -0.0409. The fourth-order valence-electron chi connectivity index (χ4n) is 1.34. The number of hydrazine groups is 1. The average Bonchev–Trinajstić information content (AvgIpc) is 2.02. The van der Waals surface area contributed by atoms with Crippen LogP contribution in [0, 0.1) is 0 Å². The van der Waals surface area contributed by atoms with E-state index in [1.54, 1.807) is 22.6 Å². The first-order valence-electron chi connectivity index (χ1n) is 4.08. The van der Waals surface area contributed by atoms with E-state index in [4.69, 9.17) is 0 Å². The van der Waals surface area contributed by atoms with Gasteiger partial charge >= 0.3 is 0 Å². The molecule has 1 aliphatic rings. The first kappa shape index (κ1) is 11.1. The molecule has 6 heteroatoms. The number of hydrogen-bond acceptors (Lipinski definition) is 2. The highest BCUT2D eigenvalue weighted by Gasteiger charge is 2.34. The third-order valence-electron chi connectivity index (χ3n) is 2.09. The van der Waals surface area contributed by atoms with Gasteiger partial charge in [-0.15, -0.1) is 0 Å². The molecular weight excluding hydrogens is 293 g/mol. The van der Waals surface area contributed by atoms with Crippen LogP contribution < -0.4 is 10.9 Å². The van der Waals surface area contributed by atoms with Crippen LogP contribution in [0.3, 0.4) is 0 Å². The summed E-state index contributed by atoms with van der Waals surface area (Å²) in [7, 11) is 0. The number of alkyl halides is 2. The summed E-state index contributed by atoms with van der Waals surface area (Å²) in [4.78, 5) is 10.5. The second-order valence-electron chi connectivity index (χ2n) is 3.17. The summed E-state index contributed by atoms with van der Waals surface area (Å²) < 4.78 is 25.1. The molecule has 2 N–H and O–H groups in total. The van der Waals surface area contributed by atoms with Gasteiger partial charge in [-0.3, -0.25) is 10.2 Å². The highest BCUT2D eigenvalue weighted by Crippen LogP contribution is 2.32. The van der Waals surface area contributed by atoms with Gasteiger partial charge in [-0.1, -0.05) is 0 Å². The number of halogens is 3. The lowest BCUT2D eigenvalue weighted by atomic mass is 9.93. The van der Waals surface area contributed by atoms with E-state index in [-0.39, 0.29) is 22.8 Å².